The number of fused-ring (bicyclic) bond motifs is 3. The van der Waals surface area contributed by atoms with E-state index in [1.807, 2.05) is 6.07 Å². The molecule has 1 N–H and O–H groups in total. The normalized spacial score (nSPS) is 14.4. The van der Waals surface area contributed by atoms with E-state index in [1.165, 1.54) is 11.1 Å². The van der Waals surface area contributed by atoms with Crippen LogP contribution in [-0.4, -0.2) is 75.7 Å². The van der Waals surface area contributed by atoms with Crippen LogP contribution in [0.15, 0.2) is 53.7 Å². The molecule has 0 bridgehead atoms. The first-order valence-electron chi connectivity index (χ1n) is 13.0. The monoisotopic (exact) mass is 518 g/mol. The van der Waals surface area contributed by atoms with Crippen molar-refractivity contribution in [1.82, 2.24) is 30.0 Å². The van der Waals surface area contributed by atoms with Crippen molar-refractivity contribution in [1.29, 1.82) is 0 Å². The molecule has 1 aliphatic heterocycles. The number of amides is 1. The molecule has 194 valence electrons. The molecule has 0 spiro atoms. The van der Waals surface area contributed by atoms with Crippen molar-refractivity contribution in [3.8, 4) is 0 Å². The molecule has 1 fully saturated rings. The van der Waals surface area contributed by atoms with E-state index in [0.29, 0.717) is 18.1 Å². The van der Waals surface area contributed by atoms with Crippen LogP contribution in [0, 0.1) is 6.92 Å². The smallest absolute Gasteiger partial charge is 0.220 e. The second-order valence-electron chi connectivity index (χ2n) is 9.47. The Morgan fingerprint density at radius 3 is 2.81 bits per heavy atom. The van der Waals surface area contributed by atoms with Gasteiger partial charge >= 0.3 is 0 Å². The summed E-state index contributed by atoms with van der Waals surface area (Å²) in [6, 6.07) is 16.9. The fourth-order valence-electron chi connectivity index (χ4n) is 4.72. The van der Waals surface area contributed by atoms with Gasteiger partial charge in [-0.1, -0.05) is 59.8 Å². The molecular weight excluding hydrogens is 484 g/mol. The summed E-state index contributed by atoms with van der Waals surface area (Å²) in [6.45, 7) is 7.89. The average molecular weight is 519 g/mol. The lowest BCUT2D eigenvalue weighted by Crippen LogP contribution is -2.41. The molecular formula is C28H34N6O2S. The van der Waals surface area contributed by atoms with Crippen LogP contribution in [0.3, 0.4) is 0 Å². The zero-order valence-electron chi connectivity index (χ0n) is 21.4. The molecule has 8 nitrogen and oxygen atoms in total. The van der Waals surface area contributed by atoms with Crippen LogP contribution in [0.25, 0.3) is 22.1 Å². The summed E-state index contributed by atoms with van der Waals surface area (Å²) in [5.74, 6) is 0.977. The van der Waals surface area contributed by atoms with Crippen LogP contribution in [0.2, 0.25) is 0 Å². The van der Waals surface area contributed by atoms with Gasteiger partial charge in [-0.2, -0.15) is 0 Å². The molecule has 2 aromatic carbocycles. The number of benzene rings is 2. The van der Waals surface area contributed by atoms with Gasteiger partial charge in [0.15, 0.2) is 5.65 Å². The van der Waals surface area contributed by atoms with Gasteiger partial charge < -0.3 is 14.6 Å². The number of thioether (sulfide) groups is 1. The first-order valence-corrected chi connectivity index (χ1v) is 14.0. The number of carbonyl (C=O) groups is 1. The van der Waals surface area contributed by atoms with Gasteiger partial charge in [-0.05, 0) is 31.4 Å². The Morgan fingerprint density at radius 2 is 1.95 bits per heavy atom. The first kappa shape index (κ1) is 25.6. The van der Waals surface area contributed by atoms with E-state index in [1.54, 1.807) is 11.8 Å². The zero-order chi connectivity index (χ0) is 25.5. The second kappa shape index (κ2) is 12.5. The van der Waals surface area contributed by atoms with Gasteiger partial charge in [0.25, 0.3) is 0 Å². The Kier molecular flexibility index (Phi) is 8.65. The van der Waals surface area contributed by atoms with Crippen molar-refractivity contribution < 1.29 is 9.53 Å². The molecule has 1 aliphatic rings. The van der Waals surface area contributed by atoms with E-state index in [0.717, 1.165) is 80.1 Å². The Hall–Kier alpha value is -3.01. The SMILES string of the molecule is Cc1cccc(Cn2c3ccccc3c3nnc(SCCCCC(=O)NCCN4CCOCC4)nc32)c1. The van der Waals surface area contributed by atoms with Gasteiger partial charge in [0, 0.05) is 50.3 Å². The van der Waals surface area contributed by atoms with Gasteiger partial charge in [-0.25, -0.2) is 4.98 Å². The highest BCUT2D eigenvalue weighted by molar-refractivity contribution is 7.99. The highest BCUT2D eigenvalue weighted by Gasteiger charge is 2.15. The number of nitrogens with zero attached hydrogens (tertiary/aromatic N) is 5. The van der Waals surface area contributed by atoms with Crippen LogP contribution < -0.4 is 5.32 Å². The number of ether oxygens (including phenoxy) is 1. The summed E-state index contributed by atoms with van der Waals surface area (Å²) in [6.07, 6.45) is 2.32. The van der Waals surface area contributed by atoms with E-state index < -0.39 is 0 Å². The number of hydrogen-bond acceptors (Lipinski definition) is 7. The summed E-state index contributed by atoms with van der Waals surface area (Å²) >= 11 is 1.60. The molecule has 5 rings (SSSR count). The average Bonchev–Trinajstić information content (AvgIpc) is 3.22. The Bertz CT molecular complexity index is 1350. The predicted molar refractivity (Wildman–Crippen MR) is 148 cm³/mol. The highest BCUT2D eigenvalue weighted by Crippen LogP contribution is 2.28. The van der Waals surface area contributed by atoms with Gasteiger partial charge in [-0.15, -0.1) is 10.2 Å². The third kappa shape index (κ3) is 6.66. The maximum absolute atomic E-state index is 12.2. The number of rotatable bonds is 11. The van der Waals surface area contributed by atoms with Crippen molar-refractivity contribution in [2.24, 2.45) is 0 Å². The van der Waals surface area contributed by atoms with Crippen LogP contribution in [0.4, 0.5) is 0 Å². The summed E-state index contributed by atoms with van der Waals surface area (Å²) in [7, 11) is 0. The molecule has 0 radical (unpaired) electrons. The molecule has 2 aromatic heterocycles. The zero-order valence-corrected chi connectivity index (χ0v) is 22.2. The lowest BCUT2D eigenvalue weighted by molar-refractivity contribution is -0.121. The fraction of sp³-hybridized carbons (Fsp3) is 0.429. The summed E-state index contributed by atoms with van der Waals surface area (Å²) in [4.78, 5) is 19.4. The van der Waals surface area contributed by atoms with Crippen LogP contribution in [0.5, 0.6) is 0 Å². The largest absolute Gasteiger partial charge is 0.379 e. The summed E-state index contributed by atoms with van der Waals surface area (Å²) < 4.78 is 7.59. The fourth-order valence-corrected chi connectivity index (χ4v) is 5.50. The van der Waals surface area contributed by atoms with E-state index >= 15 is 0 Å². The minimum atomic E-state index is 0.123. The highest BCUT2D eigenvalue weighted by atomic mass is 32.2. The van der Waals surface area contributed by atoms with Crippen molar-refractivity contribution in [2.45, 2.75) is 37.9 Å². The van der Waals surface area contributed by atoms with Gasteiger partial charge in [0.2, 0.25) is 11.1 Å². The molecule has 0 saturated carbocycles. The standard InChI is InChI=1S/C28H34N6O2S/c1-21-7-6-8-22(19-21)20-34-24-10-3-2-9-23(24)26-27(34)30-28(32-31-26)37-18-5-4-11-25(35)29-12-13-33-14-16-36-17-15-33/h2-3,6-10,19H,4-5,11-18,20H2,1H3,(H,29,35). The van der Waals surface area contributed by atoms with Crippen LogP contribution in [-0.2, 0) is 16.1 Å². The summed E-state index contributed by atoms with van der Waals surface area (Å²) in [5.41, 5.74) is 5.29. The van der Waals surface area contributed by atoms with E-state index in [9.17, 15) is 4.79 Å². The second-order valence-corrected chi connectivity index (χ2v) is 10.5. The first-order chi connectivity index (χ1) is 18.2. The lowest BCUT2D eigenvalue weighted by atomic mass is 10.1. The molecule has 4 aromatic rings. The van der Waals surface area contributed by atoms with E-state index in [-0.39, 0.29) is 5.91 Å². The maximum atomic E-state index is 12.2. The number of para-hydroxylation sites is 1. The molecule has 1 amide bonds. The van der Waals surface area contributed by atoms with Crippen molar-refractivity contribution in [3.05, 3.63) is 59.7 Å². The quantitative estimate of drug-likeness (QED) is 0.237. The number of aromatic nitrogens is 4. The number of aryl methyl sites for hydroxylation is 1. The van der Waals surface area contributed by atoms with Gasteiger partial charge in [0.05, 0.1) is 18.7 Å². The number of unbranched alkanes of at least 4 members (excludes halogenated alkanes) is 1. The molecule has 0 aliphatic carbocycles. The van der Waals surface area contributed by atoms with Gasteiger partial charge in [0.1, 0.15) is 5.52 Å². The molecule has 0 atom stereocenters. The topological polar surface area (TPSA) is 85.2 Å². The maximum Gasteiger partial charge on any atom is 0.220 e. The van der Waals surface area contributed by atoms with Crippen LogP contribution in [0.1, 0.15) is 30.4 Å². The third-order valence-electron chi connectivity index (χ3n) is 6.66. The van der Waals surface area contributed by atoms with Crippen molar-refractivity contribution in [2.75, 3.05) is 45.1 Å². The van der Waals surface area contributed by atoms with Crippen molar-refractivity contribution >= 4 is 39.7 Å². The van der Waals surface area contributed by atoms with E-state index in [2.05, 4.69) is 74.4 Å². The van der Waals surface area contributed by atoms with E-state index in [4.69, 9.17) is 9.72 Å². The van der Waals surface area contributed by atoms with Gasteiger partial charge in [-0.3, -0.25) is 9.69 Å². The number of hydrogen-bond donors (Lipinski definition) is 1. The lowest BCUT2D eigenvalue weighted by Gasteiger charge is -2.26. The summed E-state index contributed by atoms with van der Waals surface area (Å²) in [5, 5.41) is 13.7. The molecule has 3 heterocycles. The number of carbonyl (C=O) groups excluding carboxylic acids is 1. The molecule has 1 saturated heterocycles. The molecule has 37 heavy (non-hydrogen) atoms. The number of morpholine rings is 1. The Morgan fingerprint density at radius 1 is 1.08 bits per heavy atom. The molecule has 0 unspecified atom stereocenters. The Balaban J connectivity index is 1.15. The minimum Gasteiger partial charge on any atom is -0.379 e. The number of nitrogens with one attached hydrogen (secondary N) is 1. The van der Waals surface area contributed by atoms with Crippen molar-refractivity contribution in [3.63, 3.8) is 0 Å². The Labute approximate surface area is 221 Å². The minimum absolute atomic E-state index is 0.123. The third-order valence-corrected chi connectivity index (χ3v) is 7.58. The predicted octanol–water partition coefficient (Wildman–Crippen LogP) is 4.05. The van der Waals surface area contributed by atoms with Crippen LogP contribution >= 0.6 is 11.8 Å². The molecule has 9 heteroatoms.